The number of aliphatic hydroxyl groups is 1. The SMILES string of the molecule is COC(=O)N[C@H](C(=O)N=[N+](CCC[C@@]1(O)Cc2ccc(cc2)CCCCNC(=O)[C@H](C(C)C)NC1=O)Cc1ccc(-c2ccsc2)cc1)C(C)(C)C. The number of carbonyl (C=O) groups is 4. The molecule has 4 N–H and O–H groups in total. The van der Waals surface area contributed by atoms with Crippen molar-refractivity contribution in [1.82, 2.24) is 16.0 Å². The van der Waals surface area contributed by atoms with Crippen LogP contribution in [0, 0.1) is 11.3 Å². The number of amides is 4. The van der Waals surface area contributed by atoms with Gasteiger partial charge in [0, 0.05) is 30.1 Å². The van der Waals surface area contributed by atoms with Gasteiger partial charge in [-0.25, -0.2) is 4.79 Å². The summed E-state index contributed by atoms with van der Waals surface area (Å²) in [6.45, 7) is 10.2. The van der Waals surface area contributed by atoms with Gasteiger partial charge in [-0.3, -0.25) is 14.4 Å². The van der Waals surface area contributed by atoms with E-state index in [-0.39, 0.29) is 44.2 Å². The lowest BCUT2D eigenvalue weighted by Crippen LogP contribution is -2.57. The van der Waals surface area contributed by atoms with E-state index >= 15 is 0 Å². The van der Waals surface area contributed by atoms with Crippen LogP contribution in [0.25, 0.3) is 11.1 Å². The van der Waals surface area contributed by atoms with Gasteiger partial charge in [0.25, 0.3) is 5.91 Å². The number of rotatable bonds is 10. The molecule has 52 heavy (non-hydrogen) atoms. The van der Waals surface area contributed by atoms with Gasteiger partial charge < -0.3 is 25.8 Å². The van der Waals surface area contributed by atoms with Crippen LogP contribution in [0.1, 0.15) is 77.0 Å². The summed E-state index contributed by atoms with van der Waals surface area (Å²) in [5.74, 6) is -1.66. The molecule has 0 saturated heterocycles. The van der Waals surface area contributed by atoms with Crippen LogP contribution in [0.2, 0.25) is 0 Å². The average Bonchev–Trinajstić information content (AvgIpc) is 3.64. The second-order valence-electron chi connectivity index (χ2n) is 15.0. The number of hydrogen-bond acceptors (Lipinski definition) is 7. The number of thiophene rings is 1. The lowest BCUT2D eigenvalue weighted by molar-refractivity contribution is -0.605. The predicted molar refractivity (Wildman–Crippen MR) is 202 cm³/mol. The van der Waals surface area contributed by atoms with Crippen molar-refractivity contribution in [3.63, 3.8) is 0 Å². The normalized spacial score (nSPS) is 19.6. The van der Waals surface area contributed by atoms with Crippen molar-refractivity contribution in [3.8, 4) is 11.1 Å². The molecule has 0 aliphatic carbocycles. The molecule has 2 aliphatic rings. The van der Waals surface area contributed by atoms with Gasteiger partial charge in [-0.1, -0.05) is 83.1 Å². The highest BCUT2D eigenvalue weighted by molar-refractivity contribution is 7.08. The first kappa shape index (κ1) is 40.4. The maximum atomic E-state index is 14.0. The highest BCUT2D eigenvalue weighted by Gasteiger charge is 2.40. The Kier molecular flexibility index (Phi) is 14.3. The maximum Gasteiger partial charge on any atom is 0.407 e. The van der Waals surface area contributed by atoms with E-state index in [1.807, 2.05) is 88.5 Å². The van der Waals surface area contributed by atoms with E-state index in [0.717, 1.165) is 47.1 Å². The second-order valence-corrected chi connectivity index (χ2v) is 15.8. The summed E-state index contributed by atoms with van der Waals surface area (Å²) in [6, 6.07) is 16.2. The highest BCUT2D eigenvalue weighted by atomic mass is 32.1. The Labute approximate surface area is 311 Å². The van der Waals surface area contributed by atoms with E-state index < -0.39 is 41.0 Å². The van der Waals surface area contributed by atoms with Crippen LogP contribution < -0.4 is 16.0 Å². The lowest BCUT2D eigenvalue weighted by Gasteiger charge is -2.30. The number of aryl methyl sites for hydroxylation is 1. The molecule has 280 valence electrons. The molecule has 2 bridgehead atoms. The predicted octanol–water partition coefficient (Wildman–Crippen LogP) is 6.02. The quantitative estimate of drug-likeness (QED) is 0.148. The molecule has 0 unspecified atom stereocenters. The molecule has 0 radical (unpaired) electrons. The van der Waals surface area contributed by atoms with Crippen molar-refractivity contribution < 1.29 is 33.7 Å². The summed E-state index contributed by atoms with van der Waals surface area (Å²) in [4.78, 5) is 53.0. The van der Waals surface area contributed by atoms with Crippen molar-refractivity contribution >= 4 is 35.2 Å². The van der Waals surface area contributed by atoms with E-state index in [0.29, 0.717) is 6.54 Å². The highest BCUT2D eigenvalue weighted by Crippen LogP contribution is 2.25. The van der Waals surface area contributed by atoms with Crippen LogP contribution in [0.15, 0.2) is 70.5 Å². The van der Waals surface area contributed by atoms with Gasteiger partial charge in [-0.05, 0) is 76.1 Å². The zero-order valence-corrected chi connectivity index (χ0v) is 32.1. The minimum Gasteiger partial charge on any atom is -0.453 e. The first-order valence-electron chi connectivity index (χ1n) is 18.0. The fourth-order valence-electron chi connectivity index (χ4n) is 6.21. The molecule has 5 rings (SSSR count). The molecular formula is C40H54N5O6S+. The van der Waals surface area contributed by atoms with Gasteiger partial charge in [0.2, 0.25) is 5.91 Å². The Balaban J connectivity index is 1.62. The van der Waals surface area contributed by atoms with Crippen LogP contribution in [-0.4, -0.2) is 71.5 Å². The minimum absolute atomic E-state index is 0.0352. The van der Waals surface area contributed by atoms with Crippen molar-refractivity contribution in [2.75, 3.05) is 20.2 Å². The number of carbonyl (C=O) groups excluding carboxylic acids is 4. The summed E-state index contributed by atoms with van der Waals surface area (Å²) in [6.07, 6.45) is 2.22. The van der Waals surface area contributed by atoms with E-state index in [2.05, 4.69) is 32.5 Å². The van der Waals surface area contributed by atoms with Gasteiger partial charge in [0.15, 0.2) is 13.1 Å². The largest absolute Gasteiger partial charge is 0.453 e. The molecule has 11 nitrogen and oxygen atoms in total. The van der Waals surface area contributed by atoms with Crippen LogP contribution in [-0.2, 0) is 38.5 Å². The standard InChI is InChI=1S/C40H53N5O6S/c1-27(2)33-35(46)41-21-8-7-10-28-11-13-29(14-12-28)24-40(50,37(48)42-33)20-9-22-45(44-36(47)34(39(3,4)5)43-38(49)51-6)25-30-15-17-31(18-16-30)32-19-23-52-26-32/h11-19,23,26-27,33-34,50H,7-10,20-22,24-25H2,1-6H3,(H2-,41,42,43,46,48,49)/p+1/t33-,34+,40+/m0/s1. The average molecular weight is 733 g/mol. The second kappa shape index (κ2) is 18.4. The number of methoxy groups -OCH3 is 1. The van der Waals surface area contributed by atoms with Crippen molar-refractivity contribution in [2.24, 2.45) is 16.4 Å². The monoisotopic (exact) mass is 732 g/mol. The first-order chi connectivity index (χ1) is 24.7. The molecule has 0 fully saturated rings. The molecule has 3 aromatic rings. The van der Waals surface area contributed by atoms with E-state index in [1.165, 1.54) is 7.11 Å². The smallest absolute Gasteiger partial charge is 0.407 e. The number of hydrogen-bond donors (Lipinski definition) is 4. The number of fused-ring (bicyclic) bond motifs is 12. The Morgan fingerprint density at radius 1 is 1.04 bits per heavy atom. The summed E-state index contributed by atoms with van der Waals surface area (Å²) in [7, 11) is 1.24. The van der Waals surface area contributed by atoms with Crippen molar-refractivity contribution in [1.29, 1.82) is 0 Å². The number of ether oxygens (including phenoxy) is 1. The fourth-order valence-corrected chi connectivity index (χ4v) is 6.88. The Morgan fingerprint density at radius 2 is 1.73 bits per heavy atom. The zero-order chi connectivity index (χ0) is 37.9. The fraction of sp³-hybridized carbons (Fsp3) is 0.500. The topological polar surface area (TPSA) is 149 Å². The Bertz CT molecular complexity index is 1680. The van der Waals surface area contributed by atoms with Gasteiger partial charge in [-0.15, -0.1) is 4.70 Å². The van der Waals surface area contributed by atoms with E-state index in [9.17, 15) is 24.3 Å². The van der Waals surface area contributed by atoms with E-state index in [1.54, 1.807) is 16.0 Å². The van der Waals surface area contributed by atoms with Crippen LogP contribution >= 0.6 is 11.3 Å². The van der Waals surface area contributed by atoms with Crippen molar-refractivity contribution in [3.05, 3.63) is 82.0 Å². The molecule has 4 amide bonds. The molecule has 0 saturated carbocycles. The minimum atomic E-state index is -1.85. The summed E-state index contributed by atoms with van der Waals surface area (Å²) in [5.41, 5.74) is 2.51. The number of nitrogens with one attached hydrogen (secondary N) is 3. The molecule has 0 spiro atoms. The van der Waals surface area contributed by atoms with Crippen LogP contribution in [0.3, 0.4) is 0 Å². The summed E-state index contributed by atoms with van der Waals surface area (Å²) < 4.78 is 6.40. The third kappa shape index (κ3) is 11.5. The first-order valence-corrected chi connectivity index (χ1v) is 19.0. The third-order valence-electron chi connectivity index (χ3n) is 9.35. The number of benzene rings is 2. The molecule has 1 aromatic heterocycles. The van der Waals surface area contributed by atoms with Crippen LogP contribution in [0.4, 0.5) is 4.79 Å². The van der Waals surface area contributed by atoms with Crippen LogP contribution in [0.5, 0.6) is 0 Å². The Morgan fingerprint density at radius 3 is 2.35 bits per heavy atom. The number of nitrogens with zero attached hydrogens (tertiary/aromatic N) is 2. The maximum absolute atomic E-state index is 14.0. The molecule has 3 heterocycles. The van der Waals surface area contributed by atoms with Gasteiger partial charge in [0.1, 0.15) is 17.7 Å². The van der Waals surface area contributed by atoms with Gasteiger partial charge >= 0.3 is 12.0 Å². The molecule has 2 aliphatic heterocycles. The molecule has 3 atom stereocenters. The zero-order valence-electron chi connectivity index (χ0n) is 31.2. The summed E-state index contributed by atoms with van der Waals surface area (Å²) >= 11 is 1.62. The Hall–Kier alpha value is -4.42. The molecule has 2 aromatic carbocycles. The summed E-state index contributed by atoms with van der Waals surface area (Å²) in [5, 5.41) is 29.1. The number of azo groups is 2. The third-order valence-corrected chi connectivity index (χ3v) is 10.0. The van der Waals surface area contributed by atoms with E-state index in [4.69, 9.17) is 4.74 Å². The lowest BCUT2D eigenvalue weighted by atomic mass is 9.86. The molecule has 12 heteroatoms. The molecular weight excluding hydrogens is 679 g/mol. The van der Waals surface area contributed by atoms with Gasteiger partial charge in [-0.2, -0.15) is 11.3 Å². The van der Waals surface area contributed by atoms with Gasteiger partial charge in [0.05, 0.1) is 7.11 Å². The van der Waals surface area contributed by atoms with Crippen molar-refractivity contribution in [2.45, 2.75) is 97.4 Å². The number of alkyl carbamates (subject to hydrolysis) is 1.